The van der Waals surface area contributed by atoms with Crippen LogP contribution >= 0.6 is 0 Å². The van der Waals surface area contributed by atoms with Gasteiger partial charge in [0.1, 0.15) is 0 Å². The second-order valence-electron chi connectivity index (χ2n) is 4.13. The third kappa shape index (κ3) is 6.28. The van der Waals surface area contributed by atoms with Crippen molar-refractivity contribution in [3.05, 3.63) is 0 Å². The minimum Gasteiger partial charge on any atom is -0.323 e. The Kier molecular flexibility index (Phi) is 4.00. The van der Waals surface area contributed by atoms with E-state index in [9.17, 15) is 0 Å². The molecule has 0 atom stereocenters. The van der Waals surface area contributed by atoms with Crippen LogP contribution in [0, 0.1) is 0 Å². The van der Waals surface area contributed by atoms with Gasteiger partial charge in [-0.25, -0.2) is 0 Å². The summed E-state index contributed by atoms with van der Waals surface area (Å²) in [6, 6.07) is 0. The highest BCUT2D eigenvalue weighted by atomic mass is 15.1. The number of rotatable bonds is 4. The van der Waals surface area contributed by atoms with Gasteiger partial charge in [-0.2, -0.15) is 0 Å². The Bertz CT molecular complexity index is 95.9. The lowest BCUT2D eigenvalue weighted by atomic mass is 10.0. The second-order valence-corrected chi connectivity index (χ2v) is 4.13. The summed E-state index contributed by atoms with van der Waals surface area (Å²) in [4.78, 5) is 4.23. The summed E-state index contributed by atoms with van der Waals surface area (Å²) in [5.41, 5.74) is 5.93. The third-order valence-electron chi connectivity index (χ3n) is 1.35. The minimum absolute atomic E-state index is 0.104. The first-order chi connectivity index (χ1) is 4.83. The Morgan fingerprint density at radius 1 is 1.00 bits per heavy atom. The Labute approximate surface area is 70.2 Å². The van der Waals surface area contributed by atoms with Crippen molar-refractivity contribution >= 4 is 0 Å². The summed E-state index contributed by atoms with van der Waals surface area (Å²) in [5, 5.41) is 0. The van der Waals surface area contributed by atoms with Gasteiger partial charge in [0.25, 0.3) is 0 Å². The zero-order chi connectivity index (χ0) is 9.07. The summed E-state index contributed by atoms with van der Waals surface area (Å²) in [6.07, 6.45) is 0. The van der Waals surface area contributed by atoms with E-state index in [0.29, 0.717) is 0 Å². The molecule has 0 rings (SSSR count). The predicted octanol–water partition coefficient (Wildman–Crippen LogP) is -0.173. The van der Waals surface area contributed by atoms with Crippen molar-refractivity contribution in [1.29, 1.82) is 0 Å². The maximum atomic E-state index is 6.04. The van der Waals surface area contributed by atoms with Crippen molar-refractivity contribution in [2.75, 3.05) is 41.3 Å². The molecular weight excluding hydrogens is 138 g/mol. The van der Waals surface area contributed by atoms with Gasteiger partial charge in [-0.3, -0.25) is 0 Å². The number of hydrogen-bond acceptors (Lipinski definition) is 3. The predicted molar refractivity (Wildman–Crippen MR) is 49.7 cm³/mol. The molecule has 0 amide bonds. The van der Waals surface area contributed by atoms with Crippen LogP contribution in [-0.4, -0.2) is 56.6 Å². The van der Waals surface area contributed by atoms with Crippen LogP contribution in [0.15, 0.2) is 0 Å². The van der Waals surface area contributed by atoms with Gasteiger partial charge in [0.15, 0.2) is 0 Å². The van der Waals surface area contributed by atoms with Crippen LogP contribution in [0.5, 0.6) is 0 Å². The lowest BCUT2D eigenvalue weighted by molar-refractivity contribution is 0.237. The van der Waals surface area contributed by atoms with Gasteiger partial charge in [0.05, 0.1) is 0 Å². The van der Waals surface area contributed by atoms with E-state index in [2.05, 4.69) is 16.7 Å². The van der Waals surface area contributed by atoms with Crippen molar-refractivity contribution < 1.29 is 0 Å². The van der Waals surface area contributed by atoms with Crippen LogP contribution in [-0.2, 0) is 0 Å². The number of hydrogen-bond donors (Lipinski definition) is 1. The zero-order valence-corrected chi connectivity index (χ0v) is 8.39. The Balaban J connectivity index is 3.79. The lowest BCUT2D eigenvalue weighted by Gasteiger charge is -2.30. The molecule has 0 radical (unpaired) electrons. The second kappa shape index (κ2) is 4.04. The van der Waals surface area contributed by atoms with Crippen molar-refractivity contribution in [3.8, 4) is 0 Å². The highest BCUT2D eigenvalue weighted by Gasteiger charge is 2.19. The zero-order valence-electron chi connectivity index (χ0n) is 8.39. The monoisotopic (exact) mass is 159 g/mol. The van der Waals surface area contributed by atoms with Gasteiger partial charge in [-0.05, 0) is 35.1 Å². The van der Waals surface area contributed by atoms with Crippen LogP contribution in [0.25, 0.3) is 0 Å². The van der Waals surface area contributed by atoms with Gasteiger partial charge in [0.2, 0.25) is 0 Å². The van der Waals surface area contributed by atoms with E-state index < -0.39 is 0 Å². The molecule has 0 fully saturated rings. The number of nitrogens with two attached hydrogens (primary N) is 1. The van der Waals surface area contributed by atoms with Crippen LogP contribution < -0.4 is 5.73 Å². The molecule has 3 nitrogen and oxygen atoms in total. The molecule has 0 aromatic rings. The van der Waals surface area contributed by atoms with E-state index in [1.165, 1.54) is 0 Å². The molecule has 11 heavy (non-hydrogen) atoms. The Morgan fingerprint density at radius 2 is 1.27 bits per heavy atom. The molecule has 0 aliphatic heterocycles. The van der Waals surface area contributed by atoms with Crippen molar-refractivity contribution in [1.82, 2.24) is 9.80 Å². The first kappa shape index (κ1) is 10.9. The molecule has 0 spiro atoms. The van der Waals surface area contributed by atoms with E-state index in [0.717, 1.165) is 13.1 Å². The average Bonchev–Trinajstić information content (AvgIpc) is 1.53. The standard InChI is InChI=1S/C8H21N3/c1-8(9,6-10(2)3)7-11(4)5/h6-7,9H2,1-5H3. The first-order valence-corrected chi connectivity index (χ1v) is 3.92. The average molecular weight is 159 g/mol. The van der Waals surface area contributed by atoms with Crippen molar-refractivity contribution in [3.63, 3.8) is 0 Å². The van der Waals surface area contributed by atoms with Crippen LogP contribution in [0.1, 0.15) is 6.92 Å². The van der Waals surface area contributed by atoms with E-state index in [1.54, 1.807) is 0 Å². The van der Waals surface area contributed by atoms with Crippen LogP contribution in [0.3, 0.4) is 0 Å². The highest BCUT2D eigenvalue weighted by molar-refractivity contribution is 4.83. The Hall–Kier alpha value is -0.120. The van der Waals surface area contributed by atoms with Crippen molar-refractivity contribution in [2.24, 2.45) is 5.73 Å². The fourth-order valence-corrected chi connectivity index (χ4v) is 1.49. The first-order valence-electron chi connectivity index (χ1n) is 3.92. The summed E-state index contributed by atoms with van der Waals surface area (Å²) in [6.45, 7) is 3.92. The summed E-state index contributed by atoms with van der Waals surface area (Å²) >= 11 is 0. The topological polar surface area (TPSA) is 32.5 Å². The number of likely N-dealkylation sites (N-methyl/N-ethyl adjacent to an activating group) is 2. The number of nitrogens with zero attached hydrogens (tertiary/aromatic N) is 2. The van der Waals surface area contributed by atoms with Gasteiger partial charge < -0.3 is 15.5 Å². The minimum atomic E-state index is -0.104. The lowest BCUT2D eigenvalue weighted by Crippen LogP contribution is -2.52. The fourth-order valence-electron chi connectivity index (χ4n) is 1.49. The van der Waals surface area contributed by atoms with Crippen LogP contribution in [0.4, 0.5) is 0 Å². The van der Waals surface area contributed by atoms with Gasteiger partial charge in [-0.1, -0.05) is 0 Å². The largest absolute Gasteiger partial charge is 0.323 e. The summed E-state index contributed by atoms with van der Waals surface area (Å²) in [7, 11) is 8.17. The quantitative estimate of drug-likeness (QED) is 0.618. The molecule has 68 valence electrons. The molecule has 3 heteroatoms. The van der Waals surface area contributed by atoms with E-state index in [1.807, 2.05) is 28.2 Å². The molecule has 0 saturated heterocycles. The molecule has 0 aromatic heterocycles. The molecule has 2 N–H and O–H groups in total. The van der Waals surface area contributed by atoms with Crippen molar-refractivity contribution in [2.45, 2.75) is 12.5 Å². The molecule has 0 aromatic carbocycles. The smallest absolute Gasteiger partial charge is 0.0383 e. The third-order valence-corrected chi connectivity index (χ3v) is 1.35. The van der Waals surface area contributed by atoms with Gasteiger partial charge in [0, 0.05) is 18.6 Å². The highest BCUT2D eigenvalue weighted by Crippen LogP contribution is 2.01. The fraction of sp³-hybridized carbons (Fsp3) is 1.00. The van der Waals surface area contributed by atoms with Gasteiger partial charge in [-0.15, -0.1) is 0 Å². The molecule has 0 aliphatic carbocycles. The van der Waals surface area contributed by atoms with E-state index >= 15 is 0 Å². The molecular formula is C8H21N3. The van der Waals surface area contributed by atoms with Gasteiger partial charge >= 0.3 is 0 Å². The molecule has 0 saturated carbocycles. The maximum absolute atomic E-state index is 6.04. The normalized spacial score (nSPS) is 13.1. The molecule has 0 bridgehead atoms. The van der Waals surface area contributed by atoms with E-state index in [-0.39, 0.29) is 5.54 Å². The summed E-state index contributed by atoms with van der Waals surface area (Å²) < 4.78 is 0. The molecule has 0 aliphatic rings. The molecule has 0 heterocycles. The van der Waals surface area contributed by atoms with Crippen LogP contribution in [0.2, 0.25) is 0 Å². The SMILES string of the molecule is CN(C)CC(C)(N)CN(C)C. The maximum Gasteiger partial charge on any atom is 0.0383 e. The Morgan fingerprint density at radius 3 is 1.45 bits per heavy atom. The molecule has 0 unspecified atom stereocenters. The summed E-state index contributed by atoms with van der Waals surface area (Å²) in [5.74, 6) is 0. The van der Waals surface area contributed by atoms with E-state index in [4.69, 9.17) is 5.73 Å².